The Morgan fingerprint density at radius 1 is 1.83 bits per heavy atom. The highest BCUT2D eigenvalue weighted by molar-refractivity contribution is 6.18. The zero-order chi connectivity index (χ0) is 9.14. The van der Waals surface area contributed by atoms with E-state index in [0.29, 0.717) is 0 Å². The Morgan fingerprint density at radius 3 is 3.00 bits per heavy atom. The fourth-order valence-electron chi connectivity index (χ4n) is 1.35. The first-order valence-electron chi connectivity index (χ1n) is 3.72. The first-order chi connectivity index (χ1) is 5.69. The van der Waals surface area contributed by atoms with Gasteiger partial charge in [0.15, 0.2) is 0 Å². The first kappa shape index (κ1) is 9.72. The number of halogens is 2. The molecule has 0 aromatic heterocycles. The van der Waals surface area contributed by atoms with Crippen molar-refractivity contribution in [2.24, 2.45) is 0 Å². The lowest BCUT2D eigenvalue weighted by molar-refractivity contribution is 0.0218. The number of hydrogen-bond donors (Lipinski definition) is 1. The molecule has 0 aromatic rings. The third-order valence-corrected chi connectivity index (χ3v) is 2.23. The fraction of sp³-hybridized carbons (Fsp3) is 0.857. The van der Waals surface area contributed by atoms with E-state index >= 15 is 0 Å². The van der Waals surface area contributed by atoms with Gasteiger partial charge < -0.3 is 5.11 Å². The Morgan fingerprint density at radius 2 is 2.50 bits per heavy atom. The Hall–Kier alpha value is -0.370. The molecule has 1 heterocycles. The van der Waals surface area contributed by atoms with Crippen molar-refractivity contribution < 1.29 is 9.50 Å². The van der Waals surface area contributed by atoms with Crippen LogP contribution in [0.4, 0.5) is 4.39 Å². The molecule has 1 rings (SSSR count). The van der Waals surface area contributed by atoms with Crippen molar-refractivity contribution in [1.82, 2.24) is 4.90 Å². The summed E-state index contributed by atoms with van der Waals surface area (Å²) in [5.41, 5.74) is 0. The van der Waals surface area contributed by atoms with Gasteiger partial charge in [0.2, 0.25) is 0 Å². The molecule has 1 fully saturated rings. The normalized spacial score (nSPS) is 33.2. The number of likely N-dealkylation sites (tertiary alicyclic amines) is 1. The Labute approximate surface area is 75.3 Å². The lowest BCUT2D eigenvalue weighted by atomic mass is 10.2. The molecule has 3 atom stereocenters. The Bertz CT molecular complexity index is 196. The van der Waals surface area contributed by atoms with E-state index in [1.54, 1.807) is 0 Å². The fourth-order valence-corrected chi connectivity index (χ4v) is 1.53. The molecule has 0 aliphatic carbocycles. The van der Waals surface area contributed by atoms with Crippen molar-refractivity contribution in [2.45, 2.75) is 24.9 Å². The summed E-state index contributed by atoms with van der Waals surface area (Å²) in [6.07, 6.45) is -1.76. The molecular formula is C7H10ClFN2O. The second-order valence-electron chi connectivity index (χ2n) is 2.81. The quantitative estimate of drug-likeness (QED) is 0.648. The van der Waals surface area contributed by atoms with Crippen molar-refractivity contribution in [1.29, 1.82) is 5.26 Å². The second-order valence-corrected chi connectivity index (χ2v) is 3.12. The third kappa shape index (κ3) is 1.86. The average Bonchev–Trinajstić information content (AvgIpc) is 2.45. The van der Waals surface area contributed by atoms with Gasteiger partial charge in [-0.25, -0.2) is 4.39 Å². The van der Waals surface area contributed by atoms with Crippen molar-refractivity contribution in [3.05, 3.63) is 0 Å². The SMILES string of the molecule is N#C[C@@H]1C[C@H](F)CN1C(O)CCl. The van der Waals surface area contributed by atoms with E-state index in [1.165, 1.54) is 4.90 Å². The molecule has 1 saturated heterocycles. The minimum absolute atomic E-state index is 0.00486. The molecule has 3 nitrogen and oxygen atoms in total. The van der Waals surface area contributed by atoms with Gasteiger partial charge in [0.1, 0.15) is 18.4 Å². The van der Waals surface area contributed by atoms with Crippen LogP contribution in [0.25, 0.3) is 0 Å². The van der Waals surface area contributed by atoms with Crippen LogP contribution < -0.4 is 0 Å². The summed E-state index contributed by atoms with van der Waals surface area (Å²) in [4.78, 5) is 1.39. The van der Waals surface area contributed by atoms with Crippen molar-refractivity contribution in [3.8, 4) is 6.07 Å². The standard InChI is InChI=1S/C7H10ClFN2O/c8-2-7(12)11-4-5(9)1-6(11)3-10/h5-7,12H,1-2,4H2/t5-,6-,7?/m0/s1. The molecule has 0 bridgehead atoms. The summed E-state index contributed by atoms with van der Waals surface area (Å²) < 4.78 is 12.8. The van der Waals surface area contributed by atoms with Crippen molar-refractivity contribution in [3.63, 3.8) is 0 Å². The third-order valence-electron chi connectivity index (χ3n) is 1.96. The van der Waals surface area contributed by atoms with E-state index < -0.39 is 18.4 Å². The van der Waals surface area contributed by atoms with Gasteiger partial charge >= 0.3 is 0 Å². The molecule has 68 valence electrons. The lowest BCUT2D eigenvalue weighted by Crippen LogP contribution is -2.39. The molecular weight excluding hydrogens is 183 g/mol. The van der Waals surface area contributed by atoms with E-state index in [0.717, 1.165) is 0 Å². The van der Waals surface area contributed by atoms with Crippen LogP contribution in [0.5, 0.6) is 0 Å². The Kier molecular flexibility index (Phi) is 3.27. The number of alkyl halides is 2. The van der Waals surface area contributed by atoms with E-state index in [4.69, 9.17) is 16.9 Å². The highest BCUT2D eigenvalue weighted by Gasteiger charge is 2.35. The molecule has 0 amide bonds. The van der Waals surface area contributed by atoms with Crippen LogP contribution in [-0.4, -0.2) is 40.9 Å². The number of hydrogen-bond acceptors (Lipinski definition) is 3. The summed E-state index contributed by atoms with van der Waals surface area (Å²) >= 11 is 5.38. The molecule has 0 saturated carbocycles. The predicted octanol–water partition coefficient (Wildman–Crippen LogP) is 0.480. The van der Waals surface area contributed by atoms with E-state index in [-0.39, 0.29) is 18.8 Å². The summed E-state index contributed by atoms with van der Waals surface area (Å²) in [6, 6.07) is 1.39. The molecule has 1 N–H and O–H groups in total. The maximum Gasteiger partial charge on any atom is 0.122 e. The van der Waals surface area contributed by atoms with Crippen molar-refractivity contribution >= 4 is 11.6 Å². The maximum atomic E-state index is 12.8. The van der Waals surface area contributed by atoms with Crippen molar-refractivity contribution in [2.75, 3.05) is 12.4 Å². The highest BCUT2D eigenvalue weighted by atomic mass is 35.5. The van der Waals surface area contributed by atoms with Gasteiger partial charge in [-0.2, -0.15) is 5.26 Å². The van der Waals surface area contributed by atoms with Gasteiger partial charge in [-0.3, -0.25) is 4.90 Å². The van der Waals surface area contributed by atoms with Crippen LogP contribution in [-0.2, 0) is 0 Å². The number of nitriles is 1. The summed E-state index contributed by atoms with van der Waals surface area (Å²) in [6.45, 7) is 0.103. The molecule has 1 aliphatic heterocycles. The van der Waals surface area contributed by atoms with E-state index in [9.17, 15) is 9.50 Å². The van der Waals surface area contributed by atoms with Crippen LogP contribution in [0.2, 0.25) is 0 Å². The first-order valence-corrected chi connectivity index (χ1v) is 4.26. The van der Waals surface area contributed by atoms with Crippen LogP contribution in [0, 0.1) is 11.3 Å². The molecule has 1 aliphatic rings. The molecule has 0 radical (unpaired) electrons. The van der Waals surface area contributed by atoms with Crippen LogP contribution >= 0.6 is 11.6 Å². The monoisotopic (exact) mass is 192 g/mol. The lowest BCUT2D eigenvalue weighted by Gasteiger charge is -2.22. The second kappa shape index (κ2) is 4.04. The molecule has 0 spiro atoms. The molecule has 12 heavy (non-hydrogen) atoms. The van der Waals surface area contributed by atoms with Gasteiger partial charge in [-0.05, 0) is 0 Å². The smallest absolute Gasteiger partial charge is 0.122 e. The minimum atomic E-state index is -1.02. The molecule has 1 unspecified atom stereocenters. The van der Waals surface area contributed by atoms with Gasteiger partial charge in [0.05, 0.1) is 11.9 Å². The van der Waals surface area contributed by atoms with E-state index in [1.807, 2.05) is 6.07 Å². The predicted molar refractivity (Wildman–Crippen MR) is 42.3 cm³/mol. The number of aliphatic hydroxyl groups is 1. The largest absolute Gasteiger partial charge is 0.377 e. The van der Waals surface area contributed by atoms with E-state index in [2.05, 4.69) is 0 Å². The zero-order valence-electron chi connectivity index (χ0n) is 6.45. The van der Waals surface area contributed by atoms with Gasteiger partial charge in [0, 0.05) is 13.0 Å². The van der Waals surface area contributed by atoms with Crippen LogP contribution in [0.15, 0.2) is 0 Å². The minimum Gasteiger partial charge on any atom is -0.377 e. The molecule has 5 heteroatoms. The molecule has 0 aromatic carbocycles. The van der Waals surface area contributed by atoms with Gasteiger partial charge in [0.25, 0.3) is 0 Å². The van der Waals surface area contributed by atoms with Gasteiger partial charge in [-0.1, -0.05) is 0 Å². The maximum absolute atomic E-state index is 12.8. The topological polar surface area (TPSA) is 47.3 Å². The van der Waals surface area contributed by atoms with Crippen LogP contribution in [0.3, 0.4) is 0 Å². The number of aliphatic hydroxyl groups excluding tert-OH is 1. The zero-order valence-corrected chi connectivity index (χ0v) is 7.21. The number of rotatable bonds is 2. The Balaban J connectivity index is 2.58. The summed E-state index contributed by atoms with van der Waals surface area (Å²) in [7, 11) is 0. The van der Waals surface area contributed by atoms with Gasteiger partial charge in [-0.15, -0.1) is 11.6 Å². The average molecular weight is 193 g/mol. The summed E-state index contributed by atoms with van der Waals surface area (Å²) in [5.74, 6) is 0.00486. The van der Waals surface area contributed by atoms with Crippen LogP contribution in [0.1, 0.15) is 6.42 Å². The number of nitrogens with zero attached hydrogens (tertiary/aromatic N) is 2. The summed E-state index contributed by atoms with van der Waals surface area (Å²) in [5, 5.41) is 17.8. The highest BCUT2D eigenvalue weighted by Crippen LogP contribution is 2.21.